The Morgan fingerprint density at radius 2 is 2.18 bits per heavy atom. The molecule has 0 aromatic rings. The standard InChI is InChI=1S/C10H18S/c1-8-5-9(11-4)7-10(2,3)6-8/h7-8H,5-6H2,1-4H3. The van der Waals surface area contributed by atoms with Crippen LogP contribution in [0.25, 0.3) is 0 Å². The van der Waals surface area contributed by atoms with Gasteiger partial charge in [-0.1, -0.05) is 26.8 Å². The predicted octanol–water partition coefficient (Wildman–Crippen LogP) is 3.69. The summed E-state index contributed by atoms with van der Waals surface area (Å²) in [6.45, 7) is 7.02. The Labute approximate surface area is 74.5 Å². The largest absolute Gasteiger partial charge is 0.134 e. The molecule has 0 aliphatic heterocycles. The summed E-state index contributed by atoms with van der Waals surface area (Å²) in [6.07, 6.45) is 7.26. The van der Waals surface area contributed by atoms with Gasteiger partial charge in [0.15, 0.2) is 0 Å². The molecule has 1 aliphatic rings. The van der Waals surface area contributed by atoms with E-state index in [1.807, 2.05) is 11.8 Å². The van der Waals surface area contributed by atoms with Crippen LogP contribution in [0.4, 0.5) is 0 Å². The van der Waals surface area contributed by atoms with E-state index in [0.717, 1.165) is 5.92 Å². The maximum absolute atomic E-state index is 2.44. The maximum Gasteiger partial charge on any atom is -0.0140 e. The van der Waals surface area contributed by atoms with Crippen LogP contribution in [-0.2, 0) is 0 Å². The Morgan fingerprint density at radius 3 is 2.64 bits per heavy atom. The molecule has 64 valence electrons. The van der Waals surface area contributed by atoms with E-state index in [-0.39, 0.29) is 0 Å². The quantitative estimate of drug-likeness (QED) is 0.578. The fourth-order valence-electron chi connectivity index (χ4n) is 2.01. The van der Waals surface area contributed by atoms with Gasteiger partial charge in [0.2, 0.25) is 0 Å². The van der Waals surface area contributed by atoms with Crippen molar-refractivity contribution in [2.24, 2.45) is 11.3 Å². The molecular weight excluding hydrogens is 152 g/mol. The van der Waals surface area contributed by atoms with Crippen LogP contribution in [0.3, 0.4) is 0 Å². The van der Waals surface area contributed by atoms with E-state index in [2.05, 4.69) is 33.1 Å². The van der Waals surface area contributed by atoms with Crippen LogP contribution in [0.2, 0.25) is 0 Å². The van der Waals surface area contributed by atoms with E-state index >= 15 is 0 Å². The Kier molecular flexibility index (Phi) is 2.69. The van der Waals surface area contributed by atoms with Crippen LogP contribution in [0, 0.1) is 11.3 Å². The van der Waals surface area contributed by atoms with Crippen molar-refractivity contribution in [1.29, 1.82) is 0 Å². The SMILES string of the molecule is CSC1=CC(C)(C)CC(C)C1. The molecule has 0 saturated heterocycles. The van der Waals surface area contributed by atoms with Crippen LogP contribution in [-0.4, -0.2) is 6.26 Å². The molecule has 0 aromatic heterocycles. The molecule has 0 heterocycles. The van der Waals surface area contributed by atoms with Gasteiger partial charge in [0.05, 0.1) is 0 Å². The Hall–Kier alpha value is 0.0900. The highest BCUT2D eigenvalue weighted by Gasteiger charge is 2.24. The smallest absolute Gasteiger partial charge is 0.0140 e. The van der Waals surface area contributed by atoms with Gasteiger partial charge in [-0.3, -0.25) is 0 Å². The molecular formula is C10H18S. The summed E-state index contributed by atoms with van der Waals surface area (Å²) >= 11 is 1.91. The number of rotatable bonds is 1. The first-order valence-corrected chi connectivity index (χ1v) is 5.52. The van der Waals surface area contributed by atoms with Crippen LogP contribution in [0.1, 0.15) is 33.6 Å². The normalized spacial score (nSPS) is 29.8. The van der Waals surface area contributed by atoms with E-state index in [0.29, 0.717) is 5.41 Å². The zero-order valence-corrected chi connectivity index (χ0v) is 8.79. The van der Waals surface area contributed by atoms with E-state index in [1.54, 1.807) is 4.91 Å². The lowest BCUT2D eigenvalue weighted by Gasteiger charge is -2.31. The van der Waals surface area contributed by atoms with Crippen molar-refractivity contribution in [3.05, 3.63) is 11.0 Å². The summed E-state index contributed by atoms with van der Waals surface area (Å²) in [5.74, 6) is 0.873. The predicted molar refractivity (Wildman–Crippen MR) is 53.8 cm³/mol. The third-order valence-corrected chi connectivity index (χ3v) is 3.05. The van der Waals surface area contributed by atoms with Gasteiger partial charge < -0.3 is 0 Å². The summed E-state index contributed by atoms with van der Waals surface area (Å²) in [7, 11) is 0. The lowest BCUT2D eigenvalue weighted by atomic mass is 9.78. The summed E-state index contributed by atoms with van der Waals surface area (Å²) in [6, 6.07) is 0. The second kappa shape index (κ2) is 3.22. The molecule has 0 N–H and O–H groups in total. The highest BCUT2D eigenvalue weighted by molar-refractivity contribution is 8.02. The lowest BCUT2D eigenvalue weighted by molar-refractivity contribution is 0.328. The first kappa shape index (κ1) is 9.18. The first-order valence-electron chi connectivity index (χ1n) is 4.29. The zero-order valence-electron chi connectivity index (χ0n) is 7.98. The monoisotopic (exact) mass is 170 g/mol. The molecule has 0 spiro atoms. The summed E-state index contributed by atoms with van der Waals surface area (Å²) in [4.78, 5) is 1.58. The minimum atomic E-state index is 0.440. The average molecular weight is 170 g/mol. The van der Waals surface area contributed by atoms with Crippen molar-refractivity contribution >= 4 is 11.8 Å². The average Bonchev–Trinajstić information content (AvgIpc) is 1.83. The molecule has 0 bridgehead atoms. The van der Waals surface area contributed by atoms with Crippen molar-refractivity contribution in [1.82, 2.24) is 0 Å². The Balaban J connectivity index is 2.74. The zero-order chi connectivity index (χ0) is 8.48. The van der Waals surface area contributed by atoms with E-state index < -0.39 is 0 Å². The topological polar surface area (TPSA) is 0 Å². The van der Waals surface area contributed by atoms with Gasteiger partial charge in [0.1, 0.15) is 0 Å². The second-order valence-electron chi connectivity index (χ2n) is 4.32. The summed E-state index contributed by atoms with van der Waals surface area (Å²) in [5, 5.41) is 0. The van der Waals surface area contributed by atoms with Gasteiger partial charge in [-0.15, -0.1) is 11.8 Å². The van der Waals surface area contributed by atoms with Gasteiger partial charge in [0, 0.05) is 0 Å². The molecule has 11 heavy (non-hydrogen) atoms. The molecule has 1 rings (SSSR count). The third-order valence-electron chi connectivity index (χ3n) is 2.24. The van der Waals surface area contributed by atoms with Crippen LogP contribution in [0.15, 0.2) is 11.0 Å². The number of thioether (sulfide) groups is 1. The fraction of sp³-hybridized carbons (Fsp3) is 0.800. The third kappa shape index (κ3) is 2.55. The highest BCUT2D eigenvalue weighted by Crippen LogP contribution is 2.39. The summed E-state index contributed by atoms with van der Waals surface area (Å²) in [5.41, 5.74) is 0.440. The molecule has 0 saturated carbocycles. The Bertz CT molecular complexity index is 168. The maximum atomic E-state index is 2.44. The minimum Gasteiger partial charge on any atom is -0.134 e. The molecule has 1 unspecified atom stereocenters. The number of hydrogen-bond acceptors (Lipinski definition) is 1. The fourth-order valence-corrected chi connectivity index (χ4v) is 2.90. The van der Waals surface area contributed by atoms with Crippen LogP contribution in [0.5, 0.6) is 0 Å². The van der Waals surface area contributed by atoms with Crippen LogP contribution >= 0.6 is 11.8 Å². The van der Waals surface area contributed by atoms with Gasteiger partial charge in [-0.2, -0.15) is 0 Å². The second-order valence-corrected chi connectivity index (χ2v) is 5.25. The molecule has 1 heteroatoms. The molecule has 0 aromatic carbocycles. The lowest BCUT2D eigenvalue weighted by Crippen LogP contribution is -2.18. The van der Waals surface area contributed by atoms with E-state index in [4.69, 9.17) is 0 Å². The van der Waals surface area contributed by atoms with Crippen molar-refractivity contribution in [3.8, 4) is 0 Å². The van der Waals surface area contributed by atoms with E-state index in [1.165, 1.54) is 12.8 Å². The van der Waals surface area contributed by atoms with Crippen molar-refractivity contribution < 1.29 is 0 Å². The molecule has 0 radical (unpaired) electrons. The Morgan fingerprint density at radius 1 is 1.55 bits per heavy atom. The minimum absolute atomic E-state index is 0.440. The molecule has 0 amide bonds. The highest BCUT2D eigenvalue weighted by atomic mass is 32.2. The molecule has 1 atom stereocenters. The summed E-state index contributed by atoms with van der Waals surface area (Å²) < 4.78 is 0. The van der Waals surface area contributed by atoms with Crippen molar-refractivity contribution in [3.63, 3.8) is 0 Å². The van der Waals surface area contributed by atoms with Crippen molar-refractivity contribution in [2.75, 3.05) is 6.26 Å². The molecule has 0 nitrogen and oxygen atoms in total. The molecule has 1 aliphatic carbocycles. The number of hydrogen-bond donors (Lipinski definition) is 0. The van der Waals surface area contributed by atoms with E-state index in [9.17, 15) is 0 Å². The first-order chi connectivity index (χ1) is 5.03. The van der Waals surface area contributed by atoms with Gasteiger partial charge in [-0.05, 0) is 35.3 Å². The number of allylic oxidation sites excluding steroid dienone is 2. The molecule has 0 fully saturated rings. The van der Waals surface area contributed by atoms with Crippen LogP contribution < -0.4 is 0 Å². The van der Waals surface area contributed by atoms with Gasteiger partial charge >= 0.3 is 0 Å². The van der Waals surface area contributed by atoms with Crippen molar-refractivity contribution in [2.45, 2.75) is 33.6 Å². The van der Waals surface area contributed by atoms with Gasteiger partial charge in [0.25, 0.3) is 0 Å². The van der Waals surface area contributed by atoms with Gasteiger partial charge in [-0.25, -0.2) is 0 Å².